The first kappa shape index (κ1) is 24.1. The largest absolute Gasteiger partial charge is 0.484 e. The second-order valence-electron chi connectivity index (χ2n) is 10.4. The Bertz CT molecular complexity index is 1050. The number of likely N-dealkylation sites (tertiary alicyclic amines) is 1. The van der Waals surface area contributed by atoms with Crippen LogP contribution >= 0.6 is 0 Å². The van der Waals surface area contributed by atoms with Crippen LogP contribution in [0, 0.1) is 17.7 Å². The van der Waals surface area contributed by atoms with E-state index < -0.39 is 0 Å². The molecule has 1 aromatic heterocycles. The molecule has 35 heavy (non-hydrogen) atoms. The Morgan fingerprint density at radius 3 is 2.54 bits per heavy atom. The third-order valence-electron chi connectivity index (χ3n) is 8.05. The minimum absolute atomic E-state index is 0.121. The molecule has 2 heterocycles. The summed E-state index contributed by atoms with van der Waals surface area (Å²) in [4.78, 5) is 6.27. The Hall–Kier alpha value is -2.66. The smallest absolute Gasteiger partial charge is 0.202 e. The van der Waals surface area contributed by atoms with E-state index >= 15 is 0 Å². The van der Waals surface area contributed by atoms with Crippen LogP contribution in [0.3, 0.4) is 0 Å². The van der Waals surface area contributed by atoms with E-state index in [1.807, 2.05) is 6.20 Å². The quantitative estimate of drug-likeness (QED) is 0.447. The van der Waals surface area contributed by atoms with E-state index in [9.17, 15) is 4.39 Å². The van der Waals surface area contributed by atoms with Gasteiger partial charge in [0, 0.05) is 12.3 Å². The van der Waals surface area contributed by atoms with Crippen LogP contribution in [0.25, 0.3) is 0 Å². The van der Waals surface area contributed by atoms with Crippen molar-refractivity contribution < 1.29 is 18.4 Å². The number of rotatable bonds is 8. The van der Waals surface area contributed by atoms with Crippen molar-refractivity contribution in [2.75, 3.05) is 13.1 Å². The highest BCUT2D eigenvalue weighted by atomic mass is 19.1. The first-order chi connectivity index (χ1) is 17.2. The molecule has 4 unspecified atom stereocenters. The molecule has 2 aromatic carbocycles. The summed E-state index contributed by atoms with van der Waals surface area (Å²) >= 11 is 0. The lowest BCUT2D eigenvalue weighted by molar-refractivity contribution is -0.923. The fourth-order valence-electron chi connectivity index (χ4n) is 6.12. The molecule has 0 bridgehead atoms. The zero-order chi connectivity index (χ0) is 24.0. The van der Waals surface area contributed by atoms with Gasteiger partial charge in [-0.3, -0.25) is 0 Å². The Balaban J connectivity index is 1.28. The first-order valence-corrected chi connectivity index (χ1v) is 13.4. The Labute approximate surface area is 208 Å². The number of ether oxygens (including phenoxy) is 1. The van der Waals surface area contributed by atoms with Gasteiger partial charge in [-0.15, -0.1) is 0 Å². The summed E-state index contributed by atoms with van der Waals surface area (Å²) < 4.78 is 26.1. The van der Waals surface area contributed by atoms with Gasteiger partial charge in [-0.25, -0.2) is 9.37 Å². The number of aromatic nitrogens is 1. The maximum Gasteiger partial charge on any atom is 0.202 e. The number of piperidine rings is 1. The van der Waals surface area contributed by atoms with Gasteiger partial charge >= 0.3 is 0 Å². The van der Waals surface area contributed by atoms with E-state index in [1.165, 1.54) is 54.7 Å². The molecule has 1 saturated carbocycles. The molecule has 5 heteroatoms. The molecular weight excluding hydrogens is 439 g/mol. The molecule has 0 spiro atoms. The summed E-state index contributed by atoms with van der Waals surface area (Å²) in [5.74, 6) is 3.70. The van der Waals surface area contributed by atoms with E-state index in [4.69, 9.17) is 14.1 Å². The van der Waals surface area contributed by atoms with Crippen molar-refractivity contribution >= 4 is 0 Å². The zero-order valence-electron chi connectivity index (χ0n) is 20.8. The molecule has 0 radical (unpaired) electrons. The molecule has 3 aromatic rings. The Kier molecular flexibility index (Phi) is 7.82. The van der Waals surface area contributed by atoms with Crippen LogP contribution < -0.4 is 9.64 Å². The van der Waals surface area contributed by atoms with Crippen LogP contribution in [0.5, 0.6) is 5.75 Å². The molecule has 1 saturated heterocycles. The molecule has 1 aliphatic carbocycles. The highest BCUT2D eigenvalue weighted by Gasteiger charge is 2.34. The standard InChI is InChI=1S/C30H37FN2O2/c1-2-22-17-18-33(21-28(22)34-26-15-13-25(31)14-16-26)20-27-19-32-30(35-27)29(23-9-5-3-6-10-23)24-11-7-4-8-12-24/h3,5-6,9-10,13-16,19,22,24,28-29H,2,4,7-8,11-12,17-18,20-21H2,1H3/p+1. The molecule has 2 fully saturated rings. The van der Waals surface area contributed by atoms with Gasteiger partial charge < -0.3 is 14.1 Å². The average molecular weight is 478 g/mol. The number of quaternary nitrogens is 1. The lowest BCUT2D eigenvalue weighted by Gasteiger charge is -2.35. The monoisotopic (exact) mass is 477 g/mol. The fourth-order valence-corrected chi connectivity index (χ4v) is 6.12. The predicted molar refractivity (Wildman–Crippen MR) is 135 cm³/mol. The van der Waals surface area contributed by atoms with Crippen LogP contribution in [-0.4, -0.2) is 24.2 Å². The predicted octanol–water partition coefficient (Wildman–Crippen LogP) is 5.79. The SMILES string of the molecule is CCC1CC[NH+](Cc2cnc(C(c3ccccc3)C3CCCCC3)o2)CC1Oc1ccc(F)cc1. The van der Waals surface area contributed by atoms with Crippen molar-refractivity contribution in [3.63, 3.8) is 0 Å². The van der Waals surface area contributed by atoms with Crippen molar-refractivity contribution in [2.24, 2.45) is 11.8 Å². The normalized spacial score (nSPS) is 24.2. The molecule has 4 atom stereocenters. The van der Waals surface area contributed by atoms with Crippen molar-refractivity contribution in [3.05, 3.63) is 83.8 Å². The van der Waals surface area contributed by atoms with E-state index in [0.717, 1.165) is 49.9 Å². The van der Waals surface area contributed by atoms with E-state index in [0.29, 0.717) is 11.8 Å². The number of benzene rings is 2. The van der Waals surface area contributed by atoms with Gasteiger partial charge in [0.15, 0.2) is 11.9 Å². The second kappa shape index (κ2) is 11.4. The van der Waals surface area contributed by atoms with Gasteiger partial charge in [0.1, 0.15) is 24.7 Å². The van der Waals surface area contributed by atoms with Gasteiger partial charge in [-0.2, -0.15) is 0 Å². The van der Waals surface area contributed by atoms with Crippen molar-refractivity contribution in [1.29, 1.82) is 0 Å². The van der Waals surface area contributed by atoms with Gasteiger partial charge in [0.05, 0.1) is 18.7 Å². The minimum Gasteiger partial charge on any atom is -0.484 e. The molecule has 2 aliphatic rings. The van der Waals surface area contributed by atoms with E-state index in [-0.39, 0.29) is 17.8 Å². The van der Waals surface area contributed by atoms with Gasteiger partial charge in [0.2, 0.25) is 5.89 Å². The van der Waals surface area contributed by atoms with Crippen LogP contribution in [0.2, 0.25) is 0 Å². The van der Waals surface area contributed by atoms with Gasteiger partial charge in [0.25, 0.3) is 0 Å². The molecular formula is C30H38FN2O2+. The summed E-state index contributed by atoms with van der Waals surface area (Å²) in [5.41, 5.74) is 1.32. The van der Waals surface area contributed by atoms with E-state index in [2.05, 4.69) is 37.3 Å². The minimum atomic E-state index is -0.233. The summed E-state index contributed by atoms with van der Waals surface area (Å²) in [7, 11) is 0. The molecule has 1 aliphatic heterocycles. The van der Waals surface area contributed by atoms with Crippen molar-refractivity contribution in [3.8, 4) is 5.75 Å². The van der Waals surface area contributed by atoms with Crippen LogP contribution in [0.4, 0.5) is 4.39 Å². The number of nitrogens with zero attached hydrogens (tertiary/aromatic N) is 1. The van der Waals surface area contributed by atoms with Gasteiger partial charge in [-0.05, 0) is 55.0 Å². The summed E-state index contributed by atoms with van der Waals surface area (Å²) in [6, 6.07) is 17.2. The molecule has 186 valence electrons. The Morgan fingerprint density at radius 2 is 1.80 bits per heavy atom. The summed E-state index contributed by atoms with van der Waals surface area (Å²) in [6.07, 6.45) is 10.7. The lowest BCUT2D eigenvalue weighted by atomic mass is 9.77. The maximum absolute atomic E-state index is 13.3. The topological polar surface area (TPSA) is 39.7 Å². The summed E-state index contributed by atoms with van der Waals surface area (Å²) in [5, 5.41) is 0. The highest BCUT2D eigenvalue weighted by Crippen LogP contribution is 2.40. The number of nitrogens with one attached hydrogen (secondary N) is 1. The molecule has 0 amide bonds. The van der Waals surface area contributed by atoms with Crippen LogP contribution in [-0.2, 0) is 6.54 Å². The number of oxazole rings is 1. The summed E-state index contributed by atoms with van der Waals surface area (Å²) in [6.45, 7) is 5.06. The maximum atomic E-state index is 13.3. The van der Waals surface area contributed by atoms with Crippen LogP contribution in [0.15, 0.2) is 65.2 Å². The fraction of sp³-hybridized carbons (Fsp3) is 0.500. The lowest BCUT2D eigenvalue weighted by Crippen LogP contribution is -3.13. The van der Waals surface area contributed by atoms with Gasteiger partial charge in [-0.1, -0.05) is 56.5 Å². The first-order valence-electron chi connectivity index (χ1n) is 13.4. The van der Waals surface area contributed by atoms with E-state index in [1.54, 1.807) is 12.1 Å². The number of halogens is 1. The molecule has 5 rings (SSSR count). The molecule has 1 N–H and O–H groups in total. The second-order valence-corrected chi connectivity index (χ2v) is 10.4. The third-order valence-corrected chi connectivity index (χ3v) is 8.05. The van der Waals surface area contributed by atoms with Crippen LogP contribution in [0.1, 0.15) is 75.0 Å². The highest BCUT2D eigenvalue weighted by molar-refractivity contribution is 5.26. The molecule has 4 nitrogen and oxygen atoms in total. The number of hydrogen-bond acceptors (Lipinski definition) is 3. The Morgan fingerprint density at radius 1 is 1.03 bits per heavy atom. The van der Waals surface area contributed by atoms with Crippen molar-refractivity contribution in [2.45, 2.75) is 70.4 Å². The van der Waals surface area contributed by atoms with Crippen molar-refractivity contribution in [1.82, 2.24) is 4.98 Å². The number of hydrogen-bond donors (Lipinski definition) is 1. The third kappa shape index (κ3) is 5.95. The zero-order valence-corrected chi connectivity index (χ0v) is 20.8. The average Bonchev–Trinajstić information content (AvgIpc) is 3.35.